The van der Waals surface area contributed by atoms with E-state index < -0.39 is 0 Å². The number of fused-ring (bicyclic) bond motifs is 2. The first-order valence-electron chi connectivity index (χ1n) is 5.72. The average molecular weight is 220 g/mol. The van der Waals surface area contributed by atoms with E-state index in [1.165, 1.54) is 21.5 Å². The second kappa shape index (κ2) is 4.02. The number of aldehydes is 1. The molecule has 0 aliphatic carbocycles. The molecule has 0 bridgehead atoms. The number of hydrogen-bond acceptors (Lipinski definition) is 1. The van der Waals surface area contributed by atoms with Crippen LogP contribution in [0.4, 0.5) is 0 Å². The normalized spacial score (nSPS) is 10.8. The fourth-order valence-corrected chi connectivity index (χ4v) is 2.21. The topological polar surface area (TPSA) is 17.1 Å². The SMILES string of the molecule is O=CCc1ccc2cc3ccccc3cc2c1. The Morgan fingerprint density at radius 2 is 1.41 bits per heavy atom. The van der Waals surface area contributed by atoms with E-state index in [1.54, 1.807) is 0 Å². The van der Waals surface area contributed by atoms with Gasteiger partial charge in [0.1, 0.15) is 6.29 Å². The molecule has 0 aliphatic heterocycles. The van der Waals surface area contributed by atoms with Crippen molar-refractivity contribution in [1.82, 2.24) is 0 Å². The molecule has 3 aromatic carbocycles. The van der Waals surface area contributed by atoms with E-state index in [0.717, 1.165) is 11.8 Å². The van der Waals surface area contributed by atoms with Crippen LogP contribution in [0.3, 0.4) is 0 Å². The Bertz CT molecular complexity index is 698. The molecule has 1 heteroatoms. The van der Waals surface area contributed by atoms with Crippen LogP contribution in [0.25, 0.3) is 21.5 Å². The van der Waals surface area contributed by atoms with Crippen molar-refractivity contribution in [2.24, 2.45) is 0 Å². The number of carbonyl (C=O) groups is 1. The zero-order chi connectivity index (χ0) is 11.7. The smallest absolute Gasteiger partial charge is 0.124 e. The summed E-state index contributed by atoms with van der Waals surface area (Å²) in [5, 5.41) is 4.91. The molecule has 82 valence electrons. The summed E-state index contributed by atoms with van der Waals surface area (Å²) in [4.78, 5) is 10.5. The minimum Gasteiger partial charge on any atom is -0.303 e. The number of hydrogen-bond donors (Lipinski definition) is 0. The highest BCUT2D eigenvalue weighted by molar-refractivity contribution is 5.98. The number of carbonyl (C=O) groups excluding carboxylic acids is 1. The van der Waals surface area contributed by atoms with Crippen molar-refractivity contribution in [3.8, 4) is 0 Å². The maximum Gasteiger partial charge on any atom is 0.124 e. The highest BCUT2D eigenvalue weighted by Gasteiger charge is 1.99. The molecule has 0 fully saturated rings. The minimum atomic E-state index is 0.489. The quantitative estimate of drug-likeness (QED) is 0.475. The van der Waals surface area contributed by atoms with E-state index in [-0.39, 0.29) is 0 Å². The molecule has 0 N–H and O–H groups in total. The van der Waals surface area contributed by atoms with Gasteiger partial charge in [-0.1, -0.05) is 42.5 Å². The second-order valence-electron chi connectivity index (χ2n) is 4.25. The fraction of sp³-hybridized carbons (Fsp3) is 0.0625. The lowest BCUT2D eigenvalue weighted by atomic mass is 10.0. The van der Waals surface area contributed by atoms with Gasteiger partial charge in [0.25, 0.3) is 0 Å². The molecule has 1 nitrogen and oxygen atoms in total. The lowest BCUT2D eigenvalue weighted by molar-refractivity contribution is -0.107. The standard InChI is InChI=1S/C16H12O/c17-8-7-12-5-6-15-10-13-3-1-2-4-14(13)11-16(15)9-12/h1-6,8-11H,7H2. The molecule has 0 unspecified atom stereocenters. The molecule has 17 heavy (non-hydrogen) atoms. The van der Waals surface area contributed by atoms with Gasteiger partial charge in [0.2, 0.25) is 0 Å². The van der Waals surface area contributed by atoms with Crippen LogP contribution in [0.5, 0.6) is 0 Å². The van der Waals surface area contributed by atoms with E-state index in [1.807, 2.05) is 12.1 Å². The Kier molecular flexibility index (Phi) is 2.37. The molecule has 0 saturated heterocycles. The third-order valence-corrected chi connectivity index (χ3v) is 3.09. The molecule has 0 aliphatic rings. The van der Waals surface area contributed by atoms with Gasteiger partial charge in [0.05, 0.1) is 0 Å². The summed E-state index contributed by atoms with van der Waals surface area (Å²) < 4.78 is 0. The molecular weight excluding hydrogens is 208 g/mol. The van der Waals surface area contributed by atoms with E-state index in [0.29, 0.717) is 6.42 Å². The second-order valence-corrected chi connectivity index (χ2v) is 4.25. The fourth-order valence-electron chi connectivity index (χ4n) is 2.21. The van der Waals surface area contributed by atoms with Crippen molar-refractivity contribution >= 4 is 27.8 Å². The molecule has 0 amide bonds. The highest BCUT2D eigenvalue weighted by atomic mass is 16.1. The number of benzene rings is 3. The van der Waals surface area contributed by atoms with Crippen molar-refractivity contribution in [1.29, 1.82) is 0 Å². The van der Waals surface area contributed by atoms with Gasteiger partial charge in [-0.2, -0.15) is 0 Å². The van der Waals surface area contributed by atoms with Crippen molar-refractivity contribution in [3.05, 3.63) is 60.2 Å². The summed E-state index contributed by atoms with van der Waals surface area (Å²) in [6, 6.07) is 18.9. The summed E-state index contributed by atoms with van der Waals surface area (Å²) in [5.74, 6) is 0. The Hall–Kier alpha value is -2.15. The van der Waals surface area contributed by atoms with Gasteiger partial charge in [-0.15, -0.1) is 0 Å². The monoisotopic (exact) mass is 220 g/mol. The Balaban J connectivity index is 2.28. The third kappa shape index (κ3) is 1.80. The predicted octanol–water partition coefficient (Wildman–Crippen LogP) is 3.73. The zero-order valence-electron chi connectivity index (χ0n) is 9.39. The van der Waals surface area contributed by atoms with Gasteiger partial charge >= 0.3 is 0 Å². The first-order chi connectivity index (χ1) is 8.36. The van der Waals surface area contributed by atoms with Crippen molar-refractivity contribution < 1.29 is 4.79 Å². The molecular formula is C16H12O. The zero-order valence-corrected chi connectivity index (χ0v) is 9.39. The van der Waals surface area contributed by atoms with E-state index in [9.17, 15) is 4.79 Å². The van der Waals surface area contributed by atoms with Gasteiger partial charge in [0.15, 0.2) is 0 Å². The Morgan fingerprint density at radius 3 is 2.12 bits per heavy atom. The summed E-state index contributed by atoms with van der Waals surface area (Å²) in [5.41, 5.74) is 1.07. The van der Waals surface area contributed by atoms with Gasteiger partial charge in [-0.05, 0) is 39.2 Å². The molecule has 0 radical (unpaired) electrons. The van der Waals surface area contributed by atoms with Gasteiger partial charge in [-0.25, -0.2) is 0 Å². The Labute approximate surface area is 99.7 Å². The third-order valence-electron chi connectivity index (χ3n) is 3.09. The molecule has 3 aromatic rings. The van der Waals surface area contributed by atoms with Crippen LogP contribution < -0.4 is 0 Å². The maximum atomic E-state index is 10.5. The average Bonchev–Trinajstić information content (AvgIpc) is 2.36. The first-order valence-corrected chi connectivity index (χ1v) is 5.72. The summed E-state index contributed by atoms with van der Waals surface area (Å²) in [6.45, 7) is 0. The van der Waals surface area contributed by atoms with Crippen LogP contribution in [0.15, 0.2) is 54.6 Å². The molecule has 0 aromatic heterocycles. The first kappa shape index (κ1) is 10.0. The van der Waals surface area contributed by atoms with Crippen LogP contribution >= 0.6 is 0 Å². The van der Waals surface area contributed by atoms with Crippen LogP contribution in [0.2, 0.25) is 0 Å². The predicted molar refractivity (Wildman–Crippen MR) is 71.2 cm³/mol. The van der Waals surface area contributed by atoms with Crippen LogP contribution in [-0.4, -0.2) is 6.29 Å². The van der Waals surface area contributed by atoms with Crippen molar-refractivity contribution in [3.63, 3.8) is 0 Å². The maximum absolute atomic E-state index is 10.5. The molecule has 3 rings (SSSR count). The molecule has 0 spiro atoms. The molecule has 0 atom stereocenters. The lowest BCUT2D eigenvalue weighted by Crippen LogP contribution is -1.85. The summed E-state index contributed by atoms with van der Waals surface area (Å²) in [6.07, 6.45) is 1.44. The van der Waals surface area contributed by atoms with E-state index in [4.69, 9.17) is 0 Å². The van der Waals surface area contributed by atoms with Gasteiger partial charge in [0, 0.05) is 6.42 Å². The lowest BCUT2D eigenvalue weighted by Gasteiger charge is -2.03. The van der Waals surface area contributed by atoms with Crippen LogP contribution in [0, 0.1) is 0 Å². The number of rotatable bonds is 2. The van der Waals surface area contributed by atoms with Gasteiger partial charge < -0.3 is 4.79 Å². The Morgan fingerprint density at radius 1 is 0.765 bits per heavy atom. The highest BCUT2D eigenvalue weighted by Crippen LogP contribution is 2.23. The van der Waals surface area contributed by atoms with Crippen LogP contribution in [0.1, 0.15) is 5.56 Å². The van der Waals surface area contributed by atoms with Gasteiger partial charge in [-0.3, -0.25) is 0 Å². The molecule has 0 saturated carbocycles. The largest absolute Gasteiger partial charge is 0.303 e. The van der Waals surface area contributed by atoms with Crippen LogP contribution in [-0.2, 0) is 11.2 Å². The van der Waals surface area contributed by atoms with E-state index >= 15 is 0 Å². The molecule has 0 heterocycles. The minimum absolute atomic E-state index is 0.489. The van der Waals surface area contributed by atoms with Crippen molar-refractivity contribution in [2.75, 3.05) is 0 Å². The van der Waals surface area contributed by atoms with E-state index in [2.05, 4.69) is 42.5 Å². The summed E-state index contributed by atoms with van der Waals surface area (Å²) >= 11 is 0. The summed E-state index contributed by atoms with van der Waals surface area (Å²) in [7, 11) is 0. The van der Waals surface area contributed by atoms with Crippen molar-refractivity contribution in [2.45, 2.75) is 6.42 Å².